The normalized spacial score (nSPS) is 13.2. The van der Waals surface area contributed by atoms with Gasteiger partial charge in [0.2, 0.25) is 0 Å². The summed E-state index contributed by atoms with van der Waals surface area (Å²) < 4.78 is 83.9. The maximum Gasteiger partial charge on any atom is 0.380 e. The summed E-state index contributed by atoms with van der Waals surface area (Å²) in [6.07, 6.45) is 0. The molecule has 0 unspecified atom stereocenters. The van der Waals surface area contributed by atoms with E-state index in [-0.39, 0.29) is 4.47 Å². The third-order valence-electron chi connectivity index (χ3n) is 3.14. The Morgan fingerprint density at radius 3 is 1.68 bits per heavy atom. The van der Waals surface area contributed by atoms with Crippen molar-refractivity contribution in [1.29, 1.82) is 0 Å². The first kappa shape index (κ1) is 16.9. The van der Waals surface area contributed by atoms with Crippen LogP contribution >= 0.6 is 15.9 Å². The van der Waals surface area contributed by atoms with Crippen LogP contribution in [-0.2, 0) is 11.8 Å². The van der Waals surface area contributed by atoms with Gasteiger partial charge in [0.25, 0.3) is 0 Å². The molecule has 0 heterocycles. The number of halogens is 7. The zero-order valence-electron chi connectivity index (χ0n) is 10.8. The van der Waals surface area contributed by atoms with Crippen LogP contribution in [0.5, 0.6) is 0 Å². The van der Waals surface area contributed by atoms with Gasteiger partial charge in [-0.3, -0.25) is 0 Å². The highest BCUT2D eigenvalue weighted by atomic mass is 79.9. The number of alkyl halides is 6. The molecule has 0 aliphatic carbocycles. The van der Waals surface area contributed by atoms with Crippen LogP contribution in [0.1, 0.15) is 11.1 Å². The molecule has 0 saturated carbocycles. The van der Waals surface area contributed by atoms with E-state index in [9.17, 15) is 26.3 Å². The van der Waals surface area contributed by atoms with E-state index in [2.05, 4.69) is 15.9 Å². The lowest BCUT2D eigenvalue weighted by Crippen LogP contribution is -2.50. The van der Waals surface area contributed by atoms with Crippen molar-refractivity contribution >= 4 is 15.9 Å². The van der Waals surface area contributed by atoms with Crippen molar-refractivity contribution in [1.82, 2.24) is 0 Å². The number of benzene rings is 2. The van der Waals surface area contributed by atoms with E-state index in [4.69, 9.17) is 0 Å². The minimum Gasteiger partial charge on any atom is -0.194 e. The van der Waals surface area contributed by atoms with Crippen LogP contribution in [0, 0.1) is 0 Å². The zero-order chi connectivity index (χ0) is 16.6. The molecular weight excluding hydrogens is 374 g/mol. The summed E-state index contributed by atoms with van der Waals surface area (Å²) in [4.78, 5) is 0. The summed E-state index contributed by atoms with van der Waals surface area (Å²) in [5, 5.41) is 0. The van der Waals surface area contributed by atoms with Crippen LogP contribution in [0.25, 0.3) is 0 Å². The van der Waals surface area contributed by atoms with Crippen molar-refractivity contribution in [3.05, 3.63) is 70.2 Å². The summed E-state index contributed by atoms with van der Waals surface area (Å²) in [7, 11) is 0. The first-order valence-corrected chi connectivity index (χ1v) is 6.85. The van der Waals surface area contributed by atoms with Gasteiger partial charge in [-0.1, -0.05) is 64.5 Å². The topological polar surface area (TPSA) is 0 Å². The highest BCUT2D eigenvalue weighted by molar-refractivity contribution is 9.10. The third-order valence-corrected chi connectivity index (χ3v) is 3.83. The first-order valence-electron chi connectivity index (χ1n) is 6.06. The minimum atomic E-state index is -5.61. The molecule has 0 bridgehead atoms. The van der Waals surface area contributed by atoms with Crippen LogP contribution in [0.3, 0.4) is 0 Å². The summed E-state index contributed by atoms with van der Waals surface area (Å²) in [6, 6.07) is 9.00. The van der Waals surface area contributed by atoms with E-state index in [1.807, 2.05) is 0 Å². The standard InChI is InChI=1S/C15H9BrF6/c16-12-9-5-4-8-11(12)14(19,20)15(21,22)13(17,18)10-6-2-1-3-7-10/h1-9H. The molecule has 0 spiro atoms. The molecule has 0 N–H and O–H groups in total. The van der Waals surface area contributed by atoms with E-state index in [1.165, 1.54) is 12.1 Å². The average Bonchev–Trinajstić information content (AvgIpc) is 2.48. The molecule has 2 rings (SSSR count). The predicted octanol–water partition coefficient (Wildman–Crippen LogP) is 5.97. The number of hydrogen-bond acceptors (Lipinski definition) is 0. The molecule has 0 nitrogen and oxygen atoms in total. The number of hydrogen-bond donors (Lipinski definition) is 0. The Labute approximate surface area is 130 Å². The van der Waals surface area contributed by atoms with Crippen molar-refractivity contribution in [2.24, 2.45) is 0 Å². The lowest BCUT2D eigenvalue weighted by atomic mass is 9.93. The van der Waals surface area contributed by atoms with Crippen LogP contribution in [0.2, 0.25) is 0 Å². The average molecular weight is 383 g/mol. The molecule has 2 aromatic rings. The van der Waals surface area contributed by atoms with Gasteiger partial charge in [0.1, 0.15) is 0 Å². The fourth-order valence-electron chi connectivity index (χ4n) is 1.91. The first-order chi connectivity index (χ1) is 10.1. The summed E-state index contributed by atoms with van der Waals surface area (Å²) in [6.45, 7) is 0. The van der Waals surface area contributed by atoms with E-state index >= 15 is 0 Å². The highest BCUT2D eigenvalue weighted by Crippen LogP contribution is 2.56. The molecular formula is C15H9BrF6. The van der Waals surface area contributed by atoms with Crippen molar-refractivity contribution in [3.63, 3.8) is 0 Å². The Balaban J connectivity index is 2.55. The van der Waals surface area contributed by atoms with E-state index in [0.29, 0.717) is 18.2 Å². The fourth-order valence-corrected chi connectivity index (χ4v) is 2.44. The second kappa shape index (κ2) is 5.61. The van der Waals surface area contributed by atoms with Crippen molar-refractivity contribution < 1.29 is 26.3 Å². The maximum absolute atomic E-state index is 14.1. The van der Waals surface area contributed by atoms with E-state index in [1.54, 1.807) is 0 Å². The molecule has 0 aliphatic rings. The Morgan fingerprint density at radius 1 is 0.636 bits per heavy atom. The lowest BCUT2D eigenvalue weighted by Gasteiger charge is -2.33. The van der Waals surface area contributed by atoms with Gasteiger partial charge in [0, 0.05) is 15.6 Å². The SMILES string of the molecule is FC(F)(c1ccccc1)C(F)(F)C(F)(F)c1ccccc1Br. The number of rotatable bonds is 4. The van der Waals surface area contributed by atoms with Gasteiger partial charge in [-0.2, -0.15) is 26.3 Å². The van der Waals surface area contributed by atoms with E-state index in [0.717, 1.165) is 24.3 Å². The van der Waals surface area contributed by atoms with E-state index < -0.39 is 28.9 Å². The van der Waals surface area contributed by atoms with Gasteiger partial charge < -0.3 is 0 Å². The Kier molecular flexibility index (Phi) is 4.30. The van der Waals surface area contributed by atoms with Crippen LogP contribution < -0.4 is 0 Å². The van der Waals surface area contributed by atoms with Gasteiger partial charge in [-0.25, -0.2) is 0 Å². The third kappa shape index (κ3) is 2.51. The second-order valence-corrected chi connectivity index (χ2v) is 5.42. The molecule has 0 radical (unpaired) electrons. The molecule has 0 aliphatic heterocycles. The van der Waals surface area contributed by atoms with Gasteiger partial charge >= 0.3 is 17.8 Å². The summed E-state index contributed by atoms with van der Waals surface area (Å²) >= 11 is 2.69. The summed E-state index contributed by atoms with van der Waals surface area (Å²) in [5.41, 5.74) is -2.37. The molecule has 0 aromatic heterocycles. The van der Waals surface area contributed by atoms with Crippen molar-refractivity contribution in [2.75, 3.05) is 0 Å². The second-order valence-electron chi connectivity index (χ2n) is 4.57. The lowest BCUT2D eigenvalue weighted by molar-refractivity contribution is -0.321. The molecule has 7 heteroatoms. The molecule has 0 atom stereocenters. The highest BCUT2D eigenvalue weighted by Gasteiger charge is 2.72. The monoisotopic (exact) mass is 382 g/mol. The van der Waals surface area contributed by atoms with Gasteiger partial charge in [-0.05, 0) is 6.07 Å². The van der Waals surface area contributed by atoms with Gasteiger partial charge in [0.15, 0.2) is 0 Å². The zero-order valence-corrected chi connectivity index (χ0v) is 12.4. The predicted molar refractivity (Wildman–Crippen MR) is 73.3 cm³/mol. The minimum absolute atomic E-state index is 0.372. The smallest absolute Gasteiger partial charge is 0.194 e. The quantitative estimate of drug-likeness (QED) is 0.571. The Bertz CT molecular complexity index is 654. The molecule has 0 fully saturated rings. The van der Waals surface area contributed by atoms with Crippen molar-refractivity contribution in [3.8, 4) is 0 Å². The molecule has 2 aromatic carbocycles. The Morgan fingerprint density at radius 2 is 1.14 bits per heavy atom. The largest absolute Gasteiger partial charge is 0.380 e. The Hall–Kier alpha value is -1.50. The maximum atomic E-state index is 14.1. The molecule has 0 saturated heterocycles. The fraction of sp³-hybridized carbons (Fsp3) is 0.200. The summed E-state index contributed by atoms with van der Waals surface area (Å²) in [5.74, 6) is -15.7. The van der Waals surface area contributed by atoms with Gasteiger partial charge in [0.05, 0.1) is 0 Å². The van der Waals surface area contributed by atoms with Gasteiger partial charge in [-0.15, -0.1) is 0 Å². The molecule has 0 amide bonds. The van der Waals surface area contributed by atoms with Crippen LogP contribution in [-0.4, -0.2) is 5.92 Å². The molecule has 118 valence electrons. The van der Waals surface area contributed by atoms with Crippen LogP contribution in [0.15, 0.2) is 59.1 Å². The van der Waals surface area contributed by atoms with Crippen LogP contribution in [0.4, 0.5) is 26.3 Å². The van der Waals surface area contributed by atoms with Crippen molar-refractivity contribution in [2.45, 2.75) is 17.8 Å². The molecule has 22 heavy (non-hydrogen) atoms.